The number of hydrogen-bond donors (Lipinski definition) is 1. The van der Waals surface area contributed by atoms with E-state index in [-0.39, 0.29) is 28.1 Å². The smallest absolute Gasteiger partial charge is 0.262 e. The lowest BCUT2D eigenvalue weighted by Gasteiger charge is -2.27. The molecule has 1 unspecified atom stereocenters. The Hall–Kier alpha value is -3.59. The van der Waals surface area contributed by atoms with Gasteiger partial charge in [-0.1, -0.05) is 24.3 Å². The zero-order chi connectivity index (χ0) is 23.7. The van der Waals surface area contributed by atoms with Crippen LogP contribution >= 0.6 is 0 Å². The summed E-state index contributed by atoms with van der Waals surface area (Å²) in [5.41, 5.74) is 1.04. The van der Waals surface area contributed by atoms with Crippen LogP contribution in [0.3, 0.4) is 0 Å². The van der Waals surface area contributed by atoms with Gasteiger partial charge in [-0.25, -0.2) is 12.8 Å². The van der Waals surface area contributed by atoms with E-state index in [0.29, 0.717) is 31.3 Å². The Morgan fingerprint density at radius 3 is 2.59 bits per heavy atom. The van der Waals surface area contributed by atoms with Gasteiger partial charge in [-0.05, 0) is 60.9 Å². The van der Waals surface area contributed by atoms with Gasteiger partial charge in [-0.15, -0.1) is 0 Å². The van der Waals surface area contributed by atoms with Crippen LogP contribution in [0.5, 0.6) is 11.5 Å². The highest BCUT2D eigenvalue weighted by Gasteiger charge is 2.32. The van der Waals surface area contributed by atoms with Gasteiger partial charge in [0.1, 0.15) is 19.0 Å². The van der Waals surface area contributed by atoms with Crippen LogP contribution in [-0.4, -0.2) is 39.0 Å². The zero-order valence-electron chi connectivity index (χ0n) is 18.2. The molecule has 0 aromatic heterocycles. The topological polar surface area (TPSA) is 84.9 Å². The van der Waals surface area contributed by atoms with Gasteiger partial charge in [-0.3, -0.25) is 9.52 Å². The van der Waals surface area contributed by atoms with E-state index in [1.165, 1.54) is 42.5 Å². The van der Waals surface area contributed by atoms with Crippen molar-refractivity contribution in [2.45, 2.75) is 23.8 Å². The maximum Gasteiger partial charge on any atom is 0.262 e. The molecule has 1 atom stereocenters. The van der Waals surface area contributed by atoms with Crippen molar-refractivity contribution in [2.75, 3.05) is 24.5 Å². The Morgan fingerprint density at radius 2 is 1.76 bits per heavy atom. The molecule has 3 aromatic carbocycles. The van der Waals surface area contributed by atoms with Gasteiger partial charge in [0.05, 0.1) is 16.6 Å². The van der Waals surface area contributed by atoms with Gasteiger partial charge < -0.3 is 14.4 Å². The summed E-state index contributed by atoms with van der Waals surface area (Å²) in [7, 11) is -4.08. The van der Waals surface area contributed by atoms with E-state index in [4.69, 9.17) is 9.47 Å². The van der Waals surface area contributed by atoms with Gasteiger partial charge >= 0.3 is 0 Å². The van der Waals surface area contributed by atoms with E-state index in [2.05, 4.69) is 4.72 Å². The highest BCUT2D eigenvalue weighted by molar-refractivity contribution is 7.92. The maximum absolute atomic E-state index is 14.0. The third-order valence-corrected chi connectivity index (χ3v) is 7.34. The first-order valence-electron chi connectivity index (χ1n) is 11.0. The fourth-order valence-corrected chi connectivity index (χ4v) is 5.45. The Morgan fingerprint density at radius 1 is 0.971 bits per heavy atom. The summed E-state index contributed by atoms with van der Waals surface area (Å²) in [4.78, 5) is 15.0. The average Bonchev–Trinajstić information content (AvgIpc) is 3.35. The van der Waals surface area contributed by atoms with E-state index in [1.807, 2.05) is 18.2 Å². The quantitative estimate of drug-likeness (QED) is 0.584. The molecule has 2 aliphatic rings. The molecular weight excluding hydrogens is 459 g/mol. The lowest BCUT2D eigenvalue weighted by Crippen LogP contribution is -2.31. The number of sulfonamides is 1. The molecule has 0 spiro atoms. The first kappa shape index (κ1) is 22.2. The van der Waals surface area contributed by atoms with E-state index in [9.17, 15) is 17.6 Å². The van der Waals surface area contributed by atoms with Crippen molar-refractivity contribution in [2.24, 2.45) is 0 Å². The van der Waals surface area contributed by atoms with Crippen LogP contribution in [0.15, 0.2) is 71.6 Å². The molecule has 2 aliphatic heterocycles. The van der Waals surface area contributed by atoms with Crippen molar-refractivity contribution in [3.8, 4) is 11.5 Å². The number of rotatable bonds is 5. The second kappa shape index (κ2) is 8.98. The molecule has 0 bridgehead atoms. The summed E-state index contributed by atoms with van der Waals surface area (Å²) in [6.07, 6.45) is 1.62. The number of likely N-dealkylation sites (tertiary alicyclic amines) is 1. The molecule has 3 aromatic rings. The number of nitrogens with one attached hydrogen (secondary N) is 1. The normalized spacial score (nSPS) is 17.4. The molecule has 34 heavy (non-hydrogen) atoms. The van der Waals surface area contributed by atoms with Crippen molar-refractivity contribution >= 4 is 21.6 Å². The summed E-state index contributed by atoms with van der Waals surface area (Å²) < 4.78 is 53.2. The average molecular weight is 483 g/mol. The van der Waals surface area contributed by atoms with Crippen LogP contribution in [0.4, 0.5) is 10.1 Å². The second-order valence-electron chi connectivity index (χ2n) is 8.17. The summed E-state index contributed by atoms with van der Waals surface area (Å²) in [5.74, 6) is 0.402. The molecule has 0 aliphatic carbocycles. The van der Waals surface area contributed by atoms with Crippen LogP contribution in [0.25, 0.3) is 0 Å². The fourth-order valence-electron chi connectivity index (χ4n) is 4.33. The molecule has 5 rings (SSSR count). The van der Waals surface area contributed by atoms with Crippen LogP contribution in [0.1, 0.15) is 34.8 Å². The van der Waals surface area contributed by atoms with E-state index < -0.39 is 15.8 Å². The predicted molar refractivity (Wildman–Crippen MR) is 124 cm³/mol. The van der Waals surface area contributed by atoms with Gasteiger partial charge in [0.15, 0.2) is 11.5 Å². The molecule has 1 saturated heterocycles. The molecule has 0 saturated carbocycles. The van der Waals surface area contributed by atoms with E-state index in [0.717, 1.165) is 18.4 Å². The van der Waals surface area contributed by atoms with Gasteiger partial charge in [0.25, 0.3) is 15.9 Å². The first-order chi connectivity index (χ1) is 16.4. The number of hydrogen-bond acceptors (Lipinski definition) is 5. The zero-order valence-corrected chi connectivity index (χ0v) is 19.1. The number of nitrogens with zero attached hydrogens (tertiary/aromatic N) is 1. The Kier molecular flexibility index (Phi) is 5.87. The van der Waals surface area contributed by atoms with Crippen molar-refractivity contribution in [1.82, 2.24) is 4.90 Å². The number of benzene rings is 3. The molecule has 1 N–H and O–H groups in total. The molecular formula is C25H23FN2O5S. The summed E-state index contributed by atoms with van der Waals surface area (Å²) in [6, 6.07) is 16.9. The second-order valence-corrected chi connectivity index (χ2v) is 9.86. The number of carbonyl (C=O) groups excluding carboxylic acids is 1. The van der Waals surface area contributed by atoms with Gasteiger partial charge in [-0.2, -0.15) is 0 Å². The maximum atomic E-state index is 14.0. The summed E-state index contributed by atoms with van der Waals surface area (Å²) in [5, 5.41) is 0. The number of ether oxygens (including phenoxy) is 2. The molecule has 9 heteroatoms. The number of carbonyl (C=O) groups is 1. The number of anilines is 1. The molecule has 1 amide bonds. The summed E-state index contributed by atoms with van der Waals surface area (Å²) >= 11 is 0. The number of halogens is 1. The Balaban J connectivity index is 1.39. The molecule has 0 radical (unpaired) electrons. The highest BCUT2D eigenvalue weighted by atomic mass is 32.2. The lowest BCUT2D eigenvalue weighted by molar-refractivity contribution is 0.0735. The SMILES string of the molecule is O=C(c1cccc(S(=O)(=O)Nc2ccccc2F)c1)N1CCCC1c1ccc2c(c1)OCCO2. The third-order valence-electron chi connectivity index (χ3n) is 5.97. The standard InChI is InChI=1S/C25H23FN2O5S/c26-20-7-1-2-8-21(20)27-34(30,31)19-6-3-5-18(15-19)25(29)28-12-4-9-22(28)17-10-11-23-24(16-17)33-14-13-32-23/h1-3,5-8,10-11,15-16,22,27H,4,9,12-14H2. The van der Waals surface area contributed by atoms with Crippen molar-refractivity contribution in [3.63, 3.8) is 0 Å². The molecule has 176 valence electrons. The van der Waals surface area contributed by atoms with Crippen LogP contribution in [-0.2, 0) is 10.0 Å². The lowest BCUT2D eigenvalue weighted by atomic mass is 10.0. The Bertz CT molecular complexity index is 1340. The molecule has 1 fully saturated rings. The third kappa shape index (κ3) is 4.31. The monoisotopic (exact) mass is 482 g/mol. The molecule has 2 heterocycles. The van der Waals surface area contributed by atoms with Crippen LogP contribution < -0.4 is 14.2 Å². The number of para-hydroxylation sites is 1. The minimum Gasteiger partial charge on any atom is -0.486 e. The van der Waals surface area contributed by atoms with Crippen molar-refractivity contribution < 1.29 is 27.1 Å². The highest BCUT2D eigenvalue weighted by Crippen LogP contribution is 2.38. The minimum absolute atomic E-state index is 0.114. The minimum atomic E-state index is -4.08. The van der Waals surface area contributed by atoms with Crippen molar-refractivity contribution in [1.29, 1.82) is 0 Å². The largest absolute Gasteiger partial charge is 0.486 e. The predicted octanol–water partition coefficient (Wildman–Crippen LogP) is 4.38. The van der Waals surface area contributed by atoms with Crippen molar-refractivity contribution in [3.05, 3.63) is 83.7 Å². The number of fused-ring (bicyclic) bond motifs is 1. The number of amides is 1. The van der Waals surface area contributed by atoms with Gasteiger partial charge in [0, 0.05) is 12.1 Å². The Labute approximate surface area is 197 Å². The fraction of sp³-hybridized carbons (Fsp3) is 0.240. The van der Waals surface area contributed by atoms with E-state index in [1.54, 1.807) is 11.0 Å². The summed E-state index contributed by atoms with van der Waals surface area (Å²) in [6.45, 7) is 1.54. The van der Waals surface area contributed by atoms with E-state index >= 15 is 0 Å². The van der Waals surface area contributed by atoms with Gasteiger partial charge in [0.2, 0.25) is 0 Å². The molecule has 7 nitrogen and oxygen atoms in total. The first-order valence-corrected chi connectivity index (χ1v) is 12.5. The van der Waals surface area contributed by atoms with Crippen LogP contribution in [0.2, 0.25) is 0 Å². The van der Waals surface area contributed by atoms with Crippen LogP contribution in [0, 0.1) is 5.82 Å².